The Labute approximate surface area is 155 Å². The molecule has 0 spiro atoms. The first-order valence-electron chi connectivity index (χ1n) is 9.32. The summed E-state index contributed by atoms with van der Waals surface area (Å²) in [6.07, 6.45) is 2.20. The number of benzene rings is 2. The van der Waals surface area contributed by atoms with Crippen molar-refractivity contribution in [3.63, 3.8) is 0 Å². The summed E-state index contributed by atoms with van der Waals surface area (Å²) in [5.41, 5.74) is 2.89. The number of nitrogens with zero attached hydrogens (tertiary/aromatic N) is 1. The maximum absolute atomic E-state index is 9.95. The number of hydrogen-bond acceptors (Lipinski definition) is 4. The number of nitrogens with one attached hydrogen (secondary N) is 1. The summed E-state index contributed by atoms with van der Waals surface area (Å²) in [7, 11) is 0. The molecule has 0 saturated carbocycles. The van der Waals surface area contributed by atoms with Crippen molar-refractivity contribution in [2.24, 2.45) is 0 Å². The minimum Gasteiger partial charge on any atom is -0.494 e. The molecule has 0 aliphatic heterocycles. The Balaban J connectivity index is 1.87. The lowest BCUT2D eigenvalue weighted by Gasteiger charge is -2.35. The second kappa shape index (κ2) is 8.25. The van der Waals surface area contributed by atoms with Crippen molar-refractivity contribution in [1.82, 2.24) is 5.32 Å². The zero-order chi connectivity index (χ0) is 18.4. The average Bonchev–Trinajstić information content (AvgIpc) is 2.69. The molecule has 1 atom stereocenters. The number of fused-ring (bicyclic) bond motifs is 1. The van der Waals surface area contributed by atoms with Gasteiger partial charge in [-0.15, -0.1) is 0 Å². The van der Waals surface area contributed by atoms with E-state index in [1.165, 1.54) is 11.1 Å². The lowest BCUT2D eigenvalue weighted by atomic mass is 9.78. The molecule has 0 saturated heterocycles. The third kappa shape index (κ3) is 3.84. The summed E-state index contributed by atoms with van der Waals surface area (Å²) in [6, 6.07) is 16.7. The van der Waals surface area contributed by atoms with E-state index in [2.05, 4.69) is 23.5 Å². The third-order valence-corrected chi connectivity index (χ3v) is 4.91. The van der Waals surface area contributed by atoms with Crippen LogP contribution in [0, 0.1) is 11.3 Å². The molecule has 2 aromatic rings. The largest absolute Gasteiger partial charge is 0.494 e. The highest BCUT2D eigenvalue weighted by Crippen LogP contribution is 2.39. The predicted molar refractivity (Wildman–Crippen MR) is 102 cm³/mol. The highest BCUT2D eigenvalue weighted by molar-refractivity contribution is 5.52. The van der Waals surface area contributed by atoms with Crippen LogP contribution in [0.3, 0.4) is 0 Å². The molecule has 0 amide bonds. The lowest BCUT2D eigenvalue weighted by Crippen LogP contribution is -2.48. The van der Waals surface area contributed by atoms with Crippen LogP contribution in [0.2, 0.25) is 0 Å². The van der Waals surface area contributed by atoms with E-state index in [9.17, 15) is 5.26 Å². The Bertz CT molecular complexity index is 783. The topological polar surface area (TPSA) is 54.3 Å². The molecule has 26 heavy (non-hydrogen) atoms. The number of ether oxygens (including phenoxy) is 2. The van der Waals surface area contributed by atoms with E-state index in [-0.39, 0.29) is 0 Å². The Morgan fingerprint density at radius 3 is 2.27 bits per heavy atom. The highest BCUT2D eigenvalue weighted by Gasteiger charge is 2.37. The standard InChI is InChI=1S/C22H26N2O2/c1-3-25-20-10-11-21(26-4-2)19-14-22(16-23,13-12-18(19)20)24-15-17-8-6-5-7-9-17/h5-11,24H,3-4,12-15H2,1-2H3. The normalized spacial score (nSPS) is 18.7. The van der Waals surface area contributed by atoms with Crippen molar-refractivity contribution in [2.45, 2.75) is 45.2 Å². The molecule has 1 aliphatic carbocycles. The second-order valence-corrected chi connectivity index (χ2v) is 6.59. The Morgan fingerprint density at radius 1 is 1.00 bits per heavy atom. The Kier molecular flexibility index (Phi) is 5.80. The van der Waals surface area contributed by atoms with Gasteiger partial charge in [-0.1, -0.05) is 30.3 Å². The molecular weight excluding hydrogens is 324 g/mol. The lowest BCUT2D eigenvalue weighted by molar-refractivity contribution is 0.304. The average molecular weight is 350 g/mol. The van der Waals surface area contributed by atoms with Crippen LogP contribution in [0.1, 0.15) is 37.0 Å². The van der Waals surface area contributed by atoms with Gasteiger partial charge in [0.25, 0.3) is 0 Å². The molecule has 0 radical (unpaired) electrons. The van der Waals surface area contributed by atoms with Crippen LogP contribution in [0.25, 0.3) is 0 Å². The first kappa shape index (κ1) is 18.3. The summed E-state index contributed by atoms with van der Waals surface area (Å²) in [6.45, 7) is 5.90. The van der Waals surface area contributed by atoms with Gasteiger partial charge >= 0.3 is 0 Å². The predicted octanol–water partition coefficient (Wildman–Crippen LogP) is 4.02. The smallest absolute Gasteiger partial charge is 0.123 e. The van der Waals surface area contributed by atoms with E-state index in [0.717, 1.165) is 29.9 Å². The summed E-state index contributed by atoms with van der Waals surface area (Å²) in [5, 5.41) is 13.5. The monoisotopic (exact) mass is 350 g/mol. The van der Waals surface area contributed by atoms with Gasteiger partial charge in [0.1, 0.15) is 17.0 Å². The number of nitriles is 1. The van der Waals surface area contributed by atoms with Crippen LogP contribution in [0.4, 0.5) is 0 Å². The number of rotatable bonds is 7. The molecule has 136 valence electrons. The van der Waals surface area contributed by atoms with Crippen molar-refractivity contribution in [3.05, 3.63) is 59.2 Å². The molecule has 4 nitrogen and oxygen atoms in total. The maximum Gasteiger partial charge on any atom is 0.123 e. The van der Waals surface area contributed by atoms with Crippen LogP contribution < -0.4 is 14.8 Å². The molecular formula is C22H26N2O2. The molecule has 0 heterocycles. The minimum absolute atomic E-state index is 0.584. The van der Waals surface area contributed by atoms with Crippen LogP contribution in [-0.4, -0.2) is 18.8 Å². The van der Waals surface area contributed by atoms with E-state index in [0.29, 0.717) is 26.2 Å². The maximum atomic E-state index is 9.95. The van der Waals surface area contributed by atoms with Crippen LogP contribution in [0.15, 0.2) is 42.5 Å². The Morgan fingerprint density at radius 2 is 1.65 bits per heavy atom. The van der Waals surface area contributed by atoms with Gasteiger partial charge in [0.05, 0.1) is 19.3 Å². The minimum atomic E-state index is -0.584. The number of hydrogen-bond donors (Lipinski definition) is 1. The fraction of sp³-hybridized carbons (Fsp3) is 0.409. The molecule has 0 bridgehead atoms. The first-order valence-corrected chi connectivity index (χ1v) is 9.32. The summed E-state index contributed by atoms with van der Waals surface area (Å²) >= 11 is 0. The zero-order valence-corrected chi connectivity index (χ0v) is 15.5. The second-order valence-electron chi connectivity index (χ2n) is 6.59. The van der Waals surface area contributed by atoms with Gasteiger partial charge in [-0.25, -0.2) is 0 Å². The van der Waals surface area contributed by atoms with Crippen molar-refractivity contribution >= 4 is 0 Å². The zero-order valence-electron chi connectivity index (χ0n) is 15.5. The van der Waals surface area contributed by atoms with Gasteiger partial charge in [0.15, 0.2) is 0 Å². The molecule has 2 aromatic carbocycles. The van der Waals surface area contributed by atoms with Gasteiger partial charge in [0.2, 0.25) is 0 Å². The van der Waals surface area contributed by atoms with Crippen molar-refractivity contribution in [1.29, 1.82) is 5.26 Å². The quantitative estimate of drug-likeness (QED) is 0.819. The van der Waals surface area contributed by atoms with E-state index in [1.807, 2.05) is 44.2 Å². The van der Waals surface area contributed by atoms with Gasteiger partial charge in [-0.2, -0.15) is 5.26 Å². The molecule has 4 heteroatoms. The van der Waals surface area contributed by atoms with Crippen LogP contribution in [-0.2, 0) is 19.4 Å². The Hall–Kier alpha value is -2.51. The fourth-order valence-electron chi connectivity index (χ4n) is 3.58. The van der Waals surface area contributed by atoms with Gasteiger partial charge in [0, 0.05) is 24.1 Å². The van der Waals surface area contributed by atoms with Gasteiger partial charge in [-0.3, -0.25) is 5.32 Å². The summed E-state index contributed by atoms with van der Waals surface area (Å²) in [4.78, 5) is 0. The highest BCUT2D eigenvalue weighted by atomic mass is 16.5. The molecule has 0 fully saturated rings. The molecule has 1 N–H and O–H groups in total. The molecule has 1 unspecified atom stereocenters. The van der Waals surface area contributed by atoms with Crippen molar-refractivity contribution in [2.75, 3.05) is 13.2 Å². The molecule has 1 aliphatic rings. The van der Waals surface area contributed by atoms with Crippen LogP contribution >= 0.6 is 0 Å². The van der Waals surface area contributed by atoms with E-state index < -0.39 is 5.54 Å². The third-order valence-electron chi connectivity index (χ3n) is 4.91. The van der Waals surface area contributed by atoms with E-state index in [4.69, 9.17) is 9.47 Å². The van der Waals surface area contributed by atoms with Crippen molar-refractivity contribution < 1.29 is 9.47 Å². The summed E-state index contributed by atoms with van der Waals surface area (Å²) in [5.74, 6) is 1.78. The summed E-state index contributed by atoms with van der Waals surface area (Å²) < 4.78 is 11.7. The van der Waals surface area contributed by atoms with Crippen molar-refractivity contribution in [3.8, 4) is 17.6 Å². The first-order chi connectivity index (χ1) is 12.7. The van der Waals surface area contributed by atoms with E-state index in [1.54, 1.807) is 0 Å². The molecule has 0 aromatic heterocycles. The van der Waals surface area contributed by atoms with Gasteiger partial charge < -0.3 is 9.47 Å². The fourth-order valence-corrected chi connectivity index (χ4v) is 3.58. The SMILES string of the molecule is CCOc1ccc(OCC)c2c1CCC(C#N)(NCc1ccccc1)C2. The van der Waals surface area contributed by atoms with E-state index >= 15 is 0 Å². The molecule has 3 rings (SSSR count). The van der Waals surface area contributed by atoms with Gasteiger partial charge in [-0.05, 0) is 44.4 Å². The van der Waals surface area contributed by atoms with Crippen LogP contribution in [0.5, 0.6) is 11.5 Å².